The maximum absolute atomic E-state index is 3.74. The van der Waals surface area contributed by atoms with Crippen LogP contribution in [-0.2, 0) is 0 Å². The van der Waals surface area contributed by atoms with Crippen molar-refractivity contribution in [3.05, 3.63) is 0 Å². The molecule has 0 spiro atoms. The van der Waals surface area contributed by atoms with Crippen LogP contribution in [0, 0.1) is 5.92 Å². The third-order valence-corrected chi connectivity index (χ3v) is 3.13. The Hall–Kier alpha value is -0.0800. The fourth-order valence-electron chi connectivity index (χ4n) is 2.04. The Morgan fingerprint density at radius 2 is 2.08 bits per heavy atom. The van der Waals surface area contributed by atoms with E-state index < -0.39 is 0 Å². The lowest BCUT2D eigenvalue weighted by Gasteiger charge is -2.15. The number of rotatable bonds is 2. The zero-order valence-corrected chi connectivity index (χ0v) is 7.97. The summed E-state index contributed by atoms with van der Waals surface area (Å²) in [6.45, 7) is 4.77. The zero-order chi connectivity index (χ0) is 8.39. The molecule has 0 aromatic rings. The summed E-state index contributed by atoms with van der Waals surface area (Å²) >= 11 is 0. The molecule has 0 aromatic carbocycles. The number of nitrogens with one attached hydrogen (secondary N) is 2. The summed E-state index contributed by atoms with van der Waals surface area (Å²) in [5, 5.41) is 7.18. The minimum absolute atomic E-state index is 0.801. The van der Waals surface area contributed by atoms with Crippen LogP contribution in [0.5, 0.6) is 0 Å². The molecular weight excluding hydrogens is 148 g/mol. The minimum Gasteiger partial charge on any atom is -0.317 e. The van der Waals surface area contributed by atoms with Gasteiger partial charge in [0.1, 0.15) is 0 Å². The highest BCUT2D eigenvalue weighted by Crippen LogP contribution is 2.30. The maximum atomic E-state index is 3.74. The fraction of sp³-hybridized carbons (Fsp3) is 1.00. The van der Waals surface area contributed by atoms with Crippen LogP contribution in [0.1, 0.15) is 32.6 Å². The van der Waals surface area contributed by atoms with Crippen LogP contribution in [0.15, 0.2) is 0 Å². The van der Waals surface area contributed by atoms with Crippen LogP contribution in [0.2, 0.25) is 0 Å². The molecule has 1 aliphatic heterocycles. The molecule has 70 valence electrons. The van der Waals surface area contributed by atoms with E-state index in [1.54, 1.807) is 0 Å². The van der Waals surface area contributed by atoms with Gasteiger partial charge in [-0.2, -0.15) is 0 Å². The van der Waals surface area contributed by atoms with Gasteiger partial charge >= 0.3 is 0 Å². The highest BCUT2D eigenvalue weighted by atomic mass is 15.0. The lowest BCUT2D eigenvalue weighted by Crippen LogP contribution is -2.32. The van der Waals surface area contributed by atoms with Crippen molar-refractivity contribution in [1.82, 2.24) is 10.6 Å². The molecule has 12 heavy (non-hydrogen) atoms. The molecule has 1 saturated heterocycles. The predicted molar refractivity (Wildman–Crippen MR) is 51.2 cm³/mol. The molecule has 0 aromatic heterocycles. The third kappa shape index (κ3) is 2.20. The number of hydrogen-bond donors (Lipinski definition) is 2. The minimum atomic E-state index is 0.801. The standard InChI is InChI=1S/C10H20N2/c1-8-7-10(8)12-9-3-2-5-11-6-4-9/h8-12H,2-7H2,1H3. The van der Waals surface area contributed by atoms with Gasteiger partial charge in [-0.25, -0.2) is 0 Å². The van der Waals surface area contributed by atoms with Gasteiger partial charge in [0, 0.05) is 12.1 Å². The first-order chi connectivity index (χ1) is 5.86. The molecular formula is C10H20N2. The molecule has 2 heteroatoms. The zero-order valence-electron chi connectivity index (χ0n) is 7.97. The normalized spacial score (nSPS) is 42.2. The second kappa shape index (κ2) is 3.75. The van der Waals surface area contributed by atoms with Gasteiger partial charge < -0.3 is 10.6 Å². The SMILES string of the molecule is CC1CC1NC1CCCNCC1. The Labute approximate surface area is 75.1 Å². The molecule has 1 heterocycles. The van der Waals surface area contributed by atoms with Crippen LogP contribution in [-0.4, -0.2) is 25.2 Å². The predicted octanol–water partition coefficient (Wildman–Crippen LogP) is 1.13. The highest BCUT2D eigenvalue weighted by molar-refractivity contribution is 4.92. The Bertz CT molecular complexity index is 139. The largest absolute Gasteiger partial charge is 0.317 e. The fourth-order valence-corrected chi connectivity index (χ4v) is 2.04. The molecule has 1 aliphatic carbocycles. The topological polar surface area (TPSA) is 24.1 Å². The van der Waals surface area contributed by atoms with Gasteiger partial charge in [0.15, 0.2) is 0 Å². The second-order valence-electron chi connectivity index (χ2n) is 4.36. The van der Waals surface area contributed by atoms with Crippen LogP contribution >= 0.6 is 0 Å². The molecule has 0 radical (unpaired) electrons. The average Bonchev–Trinajstić information content (AvgIpc) is 2.78. The molecule has 2 nitrogen and oxygen atoms in total. The smallest absolute Gasteiger partial charge is 0.00989 e. The van der Waals surface area contributed by atoms with Crippen molar-refractivity contribution in [3.63, 3.8) is 0 Å². The van der Waals surface area contributed by atoms with E-state index in [0.29, 0.717) is 0 Å². The molecule has 2 N–H and O–H groups in total. The van der Waals surface area contributed by atoms with Crippen molar-refractivity contribution in [2.75, 3.05) is 13.1 Å². The molecule has 2 aliphatic rings. The molecule has 0 bridgehead atoms. The Kier molecular flexibility index (Phi) is 2.66. The van der Waals surface area contributed by atoms with Gasteiger partial charge in [-0.3, -0.25) is 0 Å². The van der Waals surface area contributed by atoms with Gasteiger partial charge in [-0.15, -0.1) is 0 Å². The Balaban J connectivity index is 1.71. The lowest BCUT2D eigenvalue weighted by atomic mass is 10.1. The molecule has 3 unspecified atom stereocenters. The van der Waals surface area contributed by atoms with Gasteiger partial charge in [0.25, 0.3) is 0 Å². The molecule has 3 atom stereocenters. The summed E-state index contributed by atoms with van der Waals surface area (Å²) in [7, 11) is 0. The van der Waals surface area contributed by atoms with Crippen molar-refractivity contribution >= 4 is 0 Å². The van der Waals surface area contributed by atoms with Crippen LogP contribution in [0.3, 0.4) is 0 Å². The van der Waals surface area contributed by atoms with Crippen LogP contribution < -0.4 is 10.6 Å². The van der Waals surface area contributed by atoms with Crippen molar-refractivity contribution in [2.24, 2.45) is 5.92 Å². The van der Waals surface area contributed by atoms with E-state index in [1.165, 1.54) is 38.8 Å². The maximum Gasteiger partial charge on any atom is 0.00989 e. The van der Waals surface area contributed by atoms with E-state index in [2.05, 4.69) is 17.6 Å². The first kappa shape index (κ1) is 8.52. The van der Waals surface area contributed by atoms with Crippen LogP contribution in [0.25, 0.3) is 0 Å². The summed E-state index contributed by atoms with van der Waals surface area (Å²) in [5.41, 5.74) is 0. The van der Waals surface area contributed by atoms with E-state index >= 15 is 0 Å². The second-order valence-corrected chi connectivity index (χ2v) is 4.36. The van der Waals surface area contributed by atoms with E-state index in [1.807, 2.05) is 0 Å². The van der Waals surface area contributed by atoms with Gasteiger partial charge in [-0.1, -0.05) is 6.92 Å². The van der Waals surface area contributed by atoms with E-state index in [9.17, 15) is 0 Å². The van der Waals surface area contributed by atoms with Crippen molar-refractivity contribution < 1.29 is 0 Å². The average molecular weight is 168 g/mol. The Morgan fingerprint density at radius 3 is 2.83 bits per heavy atom. The molecule has 0 amide bonds. The van der Waals surface area contributed by atoms with E-state index in [4.69, 9.17) is 0 Å². The van der Waals surface area contributed by atoms with Gasteiger partial charge in [0.2, 0.25) is 0 Å². The summed E-state index contributed by atoms with van der Waals surface area (Å²) in [6.07, 6.45) is 5.45. The van der Waals surface area contributed by atoms with E-state index in [-0.39, 0.29) is 0 Å². The van der Waals surface area contributed by atoms with Crippen molar-refractivity contribution in [3.8, 4) is 0 Å². The van der Waals surface area contributed by atoms with Crippen molar-refractivity contribution in [1.29, 1.82) is 0 Å². The van der Waals surface area contributed by atoms with Crippen LogP contribution in [0.4, 0.5) is 0 Å². The first-order valence-electron chi connectivity index (χ1n) is 5.33. The summed E-state index contributed by atoms with van der Waals surface area (Å²) in [4.78, 5) is 0. The molecule has 2 fully saturated rings. The summed E-state index contributed by atoms with van der Waals surface area (Å²) in [6, 6.07) is 1.66. The molecule has 2 rings (SSSR count). The Morgan fingerprint density at radius 1 is 1.25 bits per heavy atom. The highest BCUT2D eigenvalue weighted by Gasteiger charge is 2.33. The van der Waals surface area contributed by atoms with Gasteiger partial charge in [0.05, 0.1) is 0 Å². The van der Waals surface area contributed by atoms with Crippen molar-refractivity contribution in [2.45, 2.75) is 44.7 Å². The lowest BCUT2D eigenvalue weighted by molar-refractivity contribution is 0.457. The third-order valence-electron chi connectivity index (χ3n) is 3.13. The quantitative estimate of drug-likeness (QED) is 0.646. The number of hydrogen-bond acceptors (Lipinski definition) is 2. The van der Waals surface area contributed by atoms with E-state index in [0.717, 1.165) is 18.0 Å². The van der Waals surface area contributed by atoms with Gasteiger partial charge in [-0.05, 0) is 44.7 Å². The first-order valence-corrected chi connectivity index (χ1v) is 5.33. The summed E-state index contributed by atoms with van der Waals surface area (Å²) in [5.74, 6) is 0.946. The monoisotopic (exact) mass is 168 g/mol. The molecule has 1 saturated carbocycles. The summed E-state index contributed by atoms with van der Waals surface area (Å²) < 4.78 is 0.